The molecule has 40 heavy (non-hydrogen) atoms. The van der Waals surface area contributed by atoms with Crippen LogP contribution in [-0.2, 0) is 9.53 Å². The molecular weight excluding hydrogens is 536 g/mol. The van der Waals surface area contributed by atoms with Crippen LogP contribution >= 0.6 is 11.3 Å². The van der Waals surface area contributed by atoms with E-state index in [0.717, 1.165) is 0 Å². The van der Waals surface area contributed by atoms with Crippen molar-refractivity contribution >= 4 is 29.4 Å². The van der Waals surface area contributed by atoms with E-state index in [1.165, 1.54) is 28.0 Å². The van der Waals surface area contributed by atoms with Gasteiger partial charge in [0.2, 0.25) is 6.79 Å². The third-order valence-corrected chi connectivity index (χ3v) is 7.51. The Labute approximate surface area is 230 Å². The first-order valence-corrected chi connectivity index (χ1v) is 13.2. The van der Waals surface area contributed by atoms with Crippen LogP contribution in [0.25, 0.3) is 17.4 Å². The molecular formula is C29H22N2O8S. The molecule has 2 aliphatic rings. The largest absolute Gasteiger partial charge is 0.478 e. The highest BCUT2D eigenvalue weighted by atomic mass is 32.1. The number of carboxylic acid groups (broad SMARTS) is 1. The molecule has 0 spiro atoms. The Morgan fingerprint density at radius 3 is 2.77 bits per heavy atom. The number of fused-ring (bicyclic) bond motifs is 2. The number of rotatable bonds is 6. The second-order valence-electron chi connectivity index (χ2n) is 9.00. The van der Waals surface area contributed by atoms with Gasteiger partial charge in [0.15, 0.2) is 16.3 Å². The fourth-order valence-corrected chi connectivity index (χ4v) is 5.74. The fourth-order valence-electron chi connectivity index (χ4n) is 4.71. The van der Waals surface area contributed by atoms with E-state index in [1.807, 2.05) is 0 Å². The predicted octanol–water partition coefficient (Wildman–Crippen LogP) is 3.49. The van der Waals surface area contributed by atoms with Gasteiger partial charge in [-0.05, 0) is 55.8 Å². The number of nitrogens with zero attached hydrogens (tertiary/aromatic N) is 2. The molecule has 2 aliphatic heterocycles. The number of carboxylic acids is 1. The zero-order chi connectivity index (χ0) is 28.0. The van der Waals surface area contributed by atoms with Gasteiger partial charge in [-0.2, -0.15) is 0 Å². The molecule has 6 rings (SSSR count). The molecule has 10 nitrogen and oxygen atoms in total. The lowest BCUT2D eigenvalue weighted by Gasteiger charge is -2.24. The number of hydrogen-bond donors (Lipinski definition) is 1. The van der Waals surface area contributed by atoms with Crippen LogP contribution in [0.15, 0.2) is 80.1 Å². The summed E-state index contributed by atoms with van der Waals surface area (Å²) in [4.78, 5) is 43.2. The maximum Gasteiger partial charge on any atom is 0.338 e. The molecule has 11 heteroatoms. The van der Waals surface area contributed by atoms with Gasteiger partial charge in [0.1, 0.15) is 11.5 Å². The van der Waals surface area contributed by atoms with Crippen molar-refractivity contribution < 1.29 is 33.3 Å². The third kappa shape index (κ3) is 4.39. The second kappa shape index (κ2) is 10.0. The van der Waals surface area contributed by atoms with Crippen molar-refractivity contribution in [3.8, 4) is 22.8 Å². The van der Waals surface area contributed by atoms with Crippen LogP contribution in [0.3, 0.4) is 0 Å². The first-order valence-electron chi connectivity index (χ1n) is 12.4. The van der Waals surface area contributed by atoms with Gasteiger partial charge < -0.3 is 23.7 Å². The van der Waals surface area contributed by atoms with Crippen molar-refractivity contribution in [3.63, 3.8) is 0 Å². The number of aromatic nitrogens is 1. The molecule has 0 fully saturated rings. The summed E-state index contributed by atoms with van der Waals surface area (Å²) in [6, 6.07) is 14.3. The van der Waals surface area contributed by atoms with Gasteiger partial charge in [-0.1, -0.05) is 29.5 Å². The molecule has 0 amide bonds. The zero-order valence-electron chi connectivity index (χ0n) is 21.4. The summed E-state index contributed by atoms with van der Waals surface area (Å²) in [6.07, 6.45) is 1.61. The lowest BCUT2D eigenvalue weighted by Crippen LogP contribution is -2.39. The van der Waals surface area contributed by atoms with Crippen LogP contribution in [-0.4, -0.2) is 35.0 Å². The van der Waals surface area contributed by atoms with Crippen molar-refractivity contribution in [1.29, 1.82) is 0 Å². The van der Waals surface area contributed by atoms with Gasteiger partial charge in [0.25, 0.3) is 5.56 Å². The molecule has 0 bridgehead atoms. The van der Waals surface area contributed by atoms with Crippen LogP contribution < -0.4 is 24.4 Å². The molecule has 0 saturated carbocycles. The zero-order valence-corrected chi connectivity index (χ0v) is 22.2. The van der Waals surface area contributed by atoms with Gasteiger partial charge in [0, 0.05) is 11.6 Å². The van der Waals surface area contributed by atoms with Gasteiger partial charge >= 0.3 is 11.9 Å². The highest BCUT2D eigenvalue weighted by Crippen LogP contribution is 2.38. The van der Waals surface area contributed by atoms with E-state index in [0.29, 0.717) is 49.2 Å². The maximum absolute atomic E-state index is 13.8. The Kier molecular flexibility index (Phi) is 6.35. The molecule has 1 atom stereocenters. The summed E-state index contributed by atoms with van der Waals surface area (Å²) in [5, 5.41) is 9.29. The van der Waals surface area contributed by atoms with Gasteiger partial charge in [-0.15, -0.1) is 0 Å². The van der Waals surface area contributed by atoms with Gasteiger partial charge in [-0.3, -0.25) is 9.36 Å². The van der Waals surface area contributed by atoms with Crippen molar-refractivity contribution in [2.75, 3.05) is 13.4 Å². The Morgan fingerprint density at radius 1 is 1.15 bits per heavy atom. The Bertz CT molecular complexity index is 1890. The number of hydrogen-bond acceptors (Lipinski definition) is 9. The first kappa shape index (κ1) is 25.4. The van der Waals surface area contributed by atoms with Crippen molar-refractivity contribution in [3.05, 3.63) is 102 Å². The number of aromatic carboxylic acids is 1. The van der Waals surface area contributed by atoms with Crippen LogP contribution in [0.1, 0.15) is 41.6 Å². The highest BCUT2D eigenvalue weighted by Gasteiger charge is 2.34. The van der Waals surface area contributed by atoms with E-state index in [1.54, 1.807) is 62.4 Å². The molecule has 202 valence electrons. The lowest BCUT2D eigenvalue weighted by atomic mass is 9.95. The summed E-state index contributed by atoms with van der Waals surface area (Å²) in [5.74, 6) is 0.372. The average molecular weight is 559 g/mol. The van der Waals surface area contributed by atoms with Crippen LogP contribution in [0, 0.1) is 0 Å². The number of allylic oxidation sites excluding steroid dienone is 1. The fraction of sp³-hybridized carbons (Fsp3) is 0.172. The quantitative estimate of drug-likeness (QED) is 0.356. The average Bonchev–Trinajstić information content (AvgIpc) is 3.67. The standard InChI is InChI=1S/C29H22N2O8S/c1-3-36-28(35)24-15(2)30-29-31(25(24)17-7-9-21-22(12-17)38-14-37-21)26(32)23(40-29)13-19-8-10-20(39-19)16-5-4-6-18(11-16)27(33)34/h4-13,25H,3,14H2,1-2H3,(H,33,34)/b23-13-. The van der Waals surface area contributed by atoms with Crippen molar-refractivity contribution in [2.45, 2.75) is 19.9 Å². The topological polar surface area (TPSA) is 130 Å². The number of carbonyl (C=O) groups excluding carboxylic acids is 1. The van der Waals surface area contributed by atoms with Crippen LogP contribution in [0.4, 0.5) is 0 Å². The van der Waals surface area contributed by atoms with Crippen molar-refractivity contribution in [2.24, 2.45) is 4.99 Å². The van der Waals surface area contributed by atoms with Crippen molar-refractivity contribution in [1.82, 2.24) is 4.57 Å². The van der Waals surface area contributed by atoms with Crippen LogP contribution in [0.2, 0.25) is 0 Å². The second-order valence-corrected chi connectivity index (χ2v) is 10.0. The predicted molar refractivity (Wildman–Crippen MR) is 144 cm³/mol. The highest BCUT2D eigenvalue weighted by molar-refractivity contribution is 7.07. The molecule has 4 aromatic rings. The summed E-state index contributed by atoms with van der Waals surface area (Å²) >= 11 is 1.17. The molecule has 2 aromatic carbocycles. The SMILES string of the molecule is CCOC(=O)C1=C(C)N=c2s/c(=C\c3ccc(-c4cccc(C(=O)O)c4)o3)c(=O)n2C1c1ccc2c(c1)OCO2. The minimum Gasteiger partial charge on any atom is -0.478 e. The molecule has 2 aromatic heterocycles. The molecule has 1 unspecified atom stereocenters. The van der Waals surface area contributed by atoms with Crippen LogP contribution in [0.5, 0.6) is 11.5 Å². The Balaban J connectivity index is 1.46. The van der Waals surface area contributed by atoms with E-state index in [4.69, 9.17) is 18.6 Å². The number of thiazole rings is 1. The number of benzene rings is 2. The first-order chi connectivity index (χ1) is 19.3. The molecule has 0 radical (unpaired) electrons. The number of carbonyl (C=O) groups is 2. The summed E-state index contributed by atoms with van der Waals surface area (Å²) in [6.45, 7) is 3.69. The van der Waals surface area contributed by atoms with E-state index in [2.05, 4.69) is 4.99 Å². The van der Waals surface area contributed by atoms with E-state index >= 15 is 0 Å². The summed E-state index contributed by atoms with van der Waals surface area (Å²) in [5.41, 5.74) is 1.74. The van der Waals surface area contributed by atoms with E-state index in [9.17, 15) is 19.5 Å². The number of furan rings is 1. The van der Waals surface area contributed by atoms with E-state index < -0.39 is 18.0 Å². The normalized spacial score (nSPS) is 16.1. The van der Waals surface area contributed by atoms with Gasteiger partial charge in [0.05, 0.1) is 34.0 Å². The Morgan fingerprint density at radius 2 is 1.98 bits per heavy atom. The van der Waals surface area contributed by atoms with Gasteiger partial charge in [-0.25, -0.2) is 14.6 Å². The molecule has 0 aliphatic carbocycles. The lowest BCUT2D eigenvalue weighted by molar-refractivity contribution is -0.139. The summed E-state index contributed by atoms with van der Waals surface area (Å²) < 4.78 is 24.1. The minimum atomic E-state index is -1.04. The Hall–Kier alpha value is -4.90. The molecule has 0 saturated heterocycles. The summed E-state index contributed by atoms with van der Waals surface area (Å²) in [7, 11) is 0. The minimum absolute atomic E-state index is 0.0902. The molecule has 4 heterocycles. The van der Waals surface area contributed by atoms with E-state index in [-0.39, 0.29) is 30.1 Å². The molecule has 1 N–H and O–H groups in total. The smallest absolute Gasteiger partial charge is 0.338 e. The number of esters is 1. The number of ether oxygens (including phenoxy) is 3. The third-order valence-electron chi connectivity index (χ3n) is 6.52. The maximum atomic E-state index is 13.8. The monoisotopic (exact) mass is 558 g/mol.